The van der Waals surface area contributed by atoms with Crippen LogP contribution in [0.4, 0.5) is 0 Å². The van der Waals surface area contributed by atoms with E-state index in [2.05, 4.69) is 10.4 Å². The number of hydrogen-bond acceptors (Lipinski definition) is 4. The summed E-state index contributed by atoms with van der Waals surface area (Å²) in [7, 11) is 3.39. The van der Waals surface area contributed by atoms with Gasteiger partial charge in [-0.2, -0.15) is 5.10 Å². The van der Waals surface area contributed by atoms with Crippen molar-refractivity contribution >= 4 is 11.8 Å². The minimum absolute atomic E-state index is 0.113. The van der Waals surface area contributed by atoms with Crippen LogP contribution in [0, 0.1) is 0 Å². The second-order valence-corrected chi connectivity index (χ2v) is 7.24. The summed E-state index contributed by atoms with van der Waals surface area (Å²) in [6.07, 6.45) is 0.645. The lowest BCUT2D eigenvalue weighted by Gasteiger charge is -2.28. The maximum atomic E-state index is 13.1. The molecule has 0 saturated heterocycles. The number of rotatable bonds is 5. The highest BCUT2D eigenvalue weighted by Crippen LogP contribution is 2.26. The van der Waals surface area contributed by atoms with Crippen LogP contribution in [0.25, 0.3) is 0 Å². The molecule has 154 valence electrons. The van der Waals surface area contributed by atoms with Crippen molar-refractivity contribution in [1.29, 1.82) is 0 Å². The smallest absolute Gasteiger partial charge is 0.272 e. The summed E-state index contributed by atoms with van der Waals surface area (Å²) >= 11 is 0. The van der Waals surface area contributed by atoms with Crippen LogP contribution in [0.15, 0.2) is 54.6 Å². The minimum atomic E-state index is -0.234. The number of aromatic nitrogens is 2. The molecule has 0 unspecified atom stereocenters. The van der Waals surface area contributed by atoms with E-state index in [0.717, 1.165) is 16.8 Å². The number of nitrogens with zero attached hydrogens (tertiary/aromatic N) is 3. The summed E-state index contributed by atoms with van der Waals surface area (Å²) in [5.74, 6) is 0.195. The number of carbonyl (C=O) groups is 2. The molecule has 4 rings (SSSR count). The van der Waals surface area contributed by atoms with Crippen molar-refractivity contribution < 1.29 is 14.3 Å². The first-order chi connectivity index (χ1) is 14.6. The quantitative estimate of drug-likeness (QED) is 0.709. The molecular weight excluding hydrogens is 380 g/mol. The van der Waals surface area contributed by atoms with Crippen LogP contribution in [0.5, 0.6) is 5.75 Å². The van der Waals surface area contributed by atoms with Gasteiger partial charge in [0.2, 0.25) is 0 Å². The third-order valence-electron chi connectivity index (χ3n) is 5.38. The van der Waals surface area contributed by atoms with E-state index in [4.69, 9.17) is 4.74 Å². The first-order valence-electron chi connectivity index (χ1n) is 9.87. The van der Waals surface area contributed by atoms with Gasteiger partial charge in [-0.05, 0) is 17.7 Å². The van der Waals surface area contributed by atoms with Crippen LogP contribution in [0.2, 0.25) is 0 Å². The molecule has 30 heavy (non-hydrogen) atoms. The van der Waals surface area contributed by atoms with Gasteiger partial charge in [0.25, 0.3) is 11.8 Å². The Bertz CT molecular complexity index is 1080. The lowest BCUT2D eigenvalue weighted by atomic mass is 10.0. The molecule has 0 radical (unpaired) electrons. The molecule has 2 aromatic carbocycles. The molecule has 1 N–H and O–H groups in total. The molecule has 7 heteroatoms. The predicted molar refractivity (Wildman–Crippen MR) is 112 cm³/mol. The average Bonchev–Trinajstić information content (AvgIpc) is 3.13. The van der Waals surface area contributed by atoms with Crippen LogP contribution < -0.4 is 10.1 Å². The Kier molecular flexibility index (Phi) is 5.52. The van der Waals surface area contributed by atoms with E-state index >= 15 is 0 Å². The maximum Gasteiger partial charge on any atom is 0.272 e. The fourth-order valence-corrected chi connectivity index (χ4v) is 3.80. The van der Waals surface area contributed by atoms with E-state index in [1.54, 1.807) is 28.8 Å². The van der Waals surface area contributed by atoms with Gasteiger partial charge in [-0.3, -0.25) is 14.3 Å². The largest absolute Gasteiger partial charge is 0.496 e. The molecule has 3 aromatic rings. The molecule has 0 fully saturated rings. The third-order valence-corrected chi connectivity index (χ3v) is 5.38. The van der Waals surface area contributed by atoms with Gasteiger partial charge in [0, 0.05) is 37.8 Å². The number of methoxy groups -OCH3 is 1. The number of hydrogen-bond donors (Lipinski definition) is 1. The van der Waals surface area contributed by atoms with Crippen LogP contribution in [-0.2, 0) is 26.6 Å². The van der Waals surface area contributed by atoms with Crippen LogP contribution in [0.3, 0.4) is 0 Å². The Labute approximate surface area is 175 Å². The SMILES string of the molecule is COc1ccccc1C(=O)N1CCc2c(c(C(=O)NCc3ccccc3)nn2C)C1. The molecular formula is C23H24N4O3. The van der Waals surface area contributed by atoms with Gasteiger partial charge < -0.3 is 15.0 Å². The molecule has 0 bridgehead atoms. The fourth-order valence-electron chi connectivity index (χ4n) is 3.80. The molecule has 7 nitrogen and oxygen atoms in total. The summed E-state index contributed by atoms with van der Waals surface area (Å²) in [6, 6.07) is 16.9. The highest BCUT2D eigenvalue weighted by molar-refractivity contribution is 5.98. The topological polar surface area (TPSA) is 76.5 Å². The van der Waals surface area contributed by atoms with E-state index in [1.165, 1.54) is 0 Å². The van der Waals surface area contributed by atoms with E-state index in [9.17, 15) is 9.59 Å². The average molecular weight is 404 g/mol. The number of carbonyl (C=O) groups excluding carboxylic acids is 2. The monoisotopic (exact) mass is 404 g/mol. The zero-order valence-corrected chi connectivity index (χ0v) is 17.1. The molecule has 2 heterocycles. The Morgan fingerprint density at radius 2 is 1.83 bits per heavy atom. The van der Waals surface area contributed by atoms with Gasteiger partial charge in [0.05, 0.1) is 19.2 Å². The lowest BCUT2D eigenvalue weighted by Crippen LogP contribution is -2.37. The summed E-state index contributed by atoms with van der Waals surface area (Å²) in [5, 5.41) is 7.38. The summed E-state index contributed by atoms with van der Waals surface area (Å²) in [5.41, 5.74) is 3.70. The molecule has 0 atom stereocenters. The molecule has 0 spiro atoms. The number of benzene rings is 2. The van der Waals surface area contributed by atoms with Crippen molar-refractivity contribution in [2.24, 2.45) is 7.05 Å². The predicted octanol–water partition coefficient (Wildman–Crippen LogP) is 2.56. The van der Waals surface area contributed by atoms with Gasteiger partial charge in [-0.15, -0.1) is 0 Å². The van der Waals surface area contributed by atoms with Gasteiger partial charge in [0.15, 0.2) is 5.69 Å². The second-order valence-electron chi connectivity index (χ2n) is 7.24. The van der Waals surface area contributed by atoms with Crippen LogP contribution in [-0.4, -0.2) is 40.1 Å². The molecule has 1 aliphatic rings. The van der Waals surface area contributed by atoms with Gasteiger partial charge in [-0.25, -0.2) is 0 Å². The zero-order chi connectivity index (χ0) is 21.1. The minimum Gasteiger partial charge on any atom is -0.496 e. The molecule has 2 amide bonds. The van der Waals surface area contributed by atoms with Gasteiger partial charge in [0.1, 0.15) is 5.75 Å². The second kappa shape index (κ2) is 8.41. The standard InChI is InChI=1S/C23H24N4O3/c1-26-19-12-13-27(23(29)17-10-6-7-11-20(17)30-2)15-18(19)21(25-26)22(28)24-14-16-8-4-3-5-9-16/h3-11H,12-15H2,1-2H3,(H,24,28). The van der Waals surface area contributed by atoms with Crippen LogP contribution in [0.1, 0.15) is 37.7 Å². The zero-order valence-electron chi connectivity index (χ0n) is 17.1. The lowest BCUT2D eigenvalue weighted by molar-refractivity contribution is 0.0727. The van der Waals surface area contributed by atoms with Crippen molar-refractivity contribution in [3.8, 4) is 5.75 Å². The summed E-state index contributed by atoms with van der Waals surface area (Å²) in [6.45, 7) is 1.33. The number of nitrogens with one attached hydrogen (secondary N) is 1. The van der Waals surface area contributed by atoms with Crippen molar-refractivity contribution in [3.05, 3.63) is 82.7 Å². The molecule has 1 aliphatic heterocycles. The maximum absolute atomic E-state index is 13.1. The van der Waals surface area contributed by atoms with E-state index in [0.29, 0.717) is 43.1 Å². The normalized spacial score (nSPS) is 12.9. The van der Waals surface area contributed by atoms with Gasteiger partial charge in [-0.1, -0.05) is 42.5 Å². The van der Waals surface area contributed by atoms with Crippen molar-refractivity contribution in [3.63, 3.8) is 0 Å². The highest BCUT2D eigenvalue weighted by Gasteiger charge is 2.30. The van der Waals surface area contributed by atoms with Gasteiger partial charge >= 0.3 is 0 Å². The summed E-state index contributed by atoms with van der Waals surface area (Å²) < 4.78 is 7.09. The van der Waals surface area contributed by atoms with E-state index in [1.807, 2.05) is 49.5 Å². The number of para-hydroxylation sites is 1. The Balaban J connectivity index is 1.54. The molecule has 0 aliphatic carbocycles. The van der Waals surface area contributed by atoms with Crippen molar-refractivity contribution in [2.75, 3.05) is 13.7 Å². The first-order valence-corrected chi connectivity index (χ1v) is 9.87. The van der Waals surface area contributed by atoms with E-state index in [-0.39, 0.29) is 11.8 Å². The highest BCUT2D eigenvalue weighted by atomic mass is 16.5. The number of fused-ring (bicyclic) bond motifs is 1. The number of aryl methyl sites for hydroxylation is 1. The fraction of sp³-hybridized carbons (Fsp3) is 0.261. The number of amides is 2. The molecule has 1 aromatic heterocycles. The third kappa shape index (κ3) is 3.78. The number of ether oxygens (including phenoxy) is 1. The van der Waals surface area contributed by atoms with Crippen molar-refractivity contribution in [2.45, 2.75) is 19.5 Å². The van der Waals surface area contributed by atoms with Crippen LogP contribution >= 0.6 is 0 Å². The first kappa shape index (κ1) is 19.7. The van der Waals surface area contributed by atoms with E-state index < -0.39 is 0 Å². The Morgan fingerprint density at radius 1 is 1.10 bits per heavy atom. The summed E-state index contributed by atoms with van der Waals surface area (Å²) in [4.78, 5) is 27.7. The molecule has 0 saturated carbocycles. The Hall–Kier alpha value is -3.61. The van der Waals surface area contributed by atoms with Crippen molar-refractivity contribution in [1.82, 2.24) is 20.0 Å². The Morgan fingerprint density at radius 3 is 2.60 bits per heavy atom.